The summed E-state index contributed by atoms with van der Waals surface area (Å²) in [6.07, 6.45) is 8.47. The molecule has 2 atom stereocenters. The Morgan fingerprint density at radius 2 is 1.23 bits per heavy atom. The standard InChI is InChI=1S/C12H27P/c1-5-7-9-11(3)13-12(4)10-8-6-2/h11-13H,5-10H2,1-4H3. The van der Waals surface area contributed by atoms with Gasteiger partial charge in [0.2, 0.25) is 0 Å². The minimum Gasteiger partial charge on any atom is -0.116 e. The lowest BCUT2D eigenvalue weighted by atomic mass is 10.2. The molecule has 0 saturated heterocycles. The Hall–Kier alpha value is 0.430. The molecular weight excluding hydrogens is 175 g/mol. The minimum atomic E-state index is 0.979. The smallest absolute Gasteiger partial charge is 0.0263 e. The maximum atomic E-state index is 2.43. The molecule has 0 N–H and O–H groups in total. The average molecular weight is 202 g/mol. The van der Waals surface area contributed by atoms with Crippen LogP contribution in [0.3, 0.4) is 0 Å². The summed E-state index contributed by atoms with van der Waals surface area (Å²) in [5.41, 5.74) is 1.96. The molecule has 13 heavy (non-hydrogen) atoms. The Morgan fingerprint density at radius 3 is 1.54 bits per heavy atom. The summed E-state index contributed by atoms with van der Waals surface area (Å²) < 4.78 is 0. The van der Waals surface area contributed by atoms with Crippen LogP contribution in [0.1, 0.15) is 66.2 Å². The van der Waals surface area contributed by atoms with Crippen molar-refractivity contribution >= 4 is 8.58 Å². The molecule has 0 nitrogen and oxygen atoms in total. The molecule has 0 saturated carbocycles. The van der Waals surface area contributed by atoms with Crippen molar-refractivity contribution in [1.82, 2.24) is 0 Å². The second-order valence-corrected chi connectivity index (χ2v) is 6.56. The van der Waals surface area contributed by atoms with E-state index in [0.29, 0.717) is 0 Å². The van der Waals surface area contributed by atoms with Crippen LogP contribution >= 0.6 is 8.58 Å². The zero-order valence-electron chi connectivity index (χ0n) is 9.90. The van der Waals surface area contributed by atoms with Gasteiger partial charge in [0, 0.05) is 0 Å². The van der Waals surface area contributed by atoms with Crippen molar-refractivity contribution < 1.29 is 0 Å². The number of unbranched alkanes of at least 4 members (excludes halogenated alkanes) is 2. The van der Waals surface area contributed by atoms with Gasteiger partial charge in [-0.15, -0.1) is 8.58 Å². The van der Waals surface area contributed by atoms with Crippen molar-refractivity contribution in [3.05, 3.63) is 0 Å². The van der Waals surface area contributed by atoms with Crippen LogP contribution in [0.2, 0.25) is 0 Å². The van der Waals surface area contributed by atoms with E-state index in [4.69, 9.17) is 0 Å². The van der Waals surface area contributed by atoms with Gasteiger partial charge in [-0.1, -0.05) is 53.4 Å². The maximum absolute atomic E-state index is 2.43. The summed E-state index contributed by atoms with van der Waals surface area (Å²) in [7, 11) is 1.20. The van der Waals surface area contributed by atoms with Crippen molar-refractivity contribution in [2.75, 3.05) is 0 Å². The molecule has 0 aliphatic heterocycles. The largest absolute Gasteiger partial charge is 0.116 e. The first-order valence-electron chi connectivity index (χ1n) is 5.96. The first kappa shape index (κ1) is 13.4. The van der Waals surface area contributed by atoms with Gasteiger partial charge in [-0.05, 0) is 24.2 Å². The lowest BCUT2D eigenvalue weighted by molar-refractivity contribution is 0.685. The Labute approximate surface area is 86.7 Å². The van der Waals surface area contributed by atoms with E-state index in [0.717, 1.165) is 11.3 Å². The lowest BCUT2D eigenvalue weighted by Crippen LogP contribution is -2.02. The first-order valence-corrected chi connectivity index (χ1v) is 7.12. The molecular formula is C12H27P. The molecule has 0 aliphatic rings. The fraction of sp³-hybridized carbons (Fsp3) is 1.00. The summed E-state index contributed by atoms with van der Waals surface area (Å²) in [5, 5.41) is 0. The SMILES string of the molecule is CCCCC(C)PC(C)CCCC. The maximum Gasteiger partial charge on any atom is -0.0263 e. The quantitative estimate of drug-likeness (QED) is 0.495. The predicted octanol–water partition coefficient (Wildman–Crippen LogP) is 4.82. The van der Waals surface area contributed by atoms with Gasteiger partial charge in [0.1, 0.15) is 0 Å². The van der Waals surface area contributed by atoms with E-state index in [9.17, 15) is 0 Å². The molecule has 0 heterocycles. The van der Waals surface area contributed by atoms with Gasteiger partial charge >= 0.3 is 0 Å². The van der Waals surface area contributed by atoms with Crippen molar-refractivity contribution in [3.63, 3.8) is 0 Å². The summed E-state index contributed by atoms with van der Waals surface area (Å²) >= 11 is 0. The minimum absolute atomic E-state index is 0.979. The highest BCUT2D eigenvalue weighted by Gasteiger charge is 2.07. The molecule has 0 fully saturated rings. The molecule has 0 spiro atoms. The number of rotatable bonds is 8. The van der Waals surface area contributed by atoms with Crippen molar-refractivity contribution in [3.8, 4) is 0 Å². The molecule has 80 valence electrons. The van der Waals surface area contributed by atoms with Crippen molar-refractivity contribution in [2.24, 2.45) is 0 Å². The molecule has 0 aromatic carbocycles. The Kier molecular flexibility index (Phi) is 9.30. The topological polar surface area (TPSA) is 0 Å². The van der Waals surface area contributed by atoms with Crippen LogP contribution in [0.4, 0.5) is 0 Å². The number of hydrogen-bond donors (Lipinski definition) is 0. The first-order chi connectivity index (χ1) is 6.20. The highest BCUT2D eigenvalue weighted by Crippen LogP contribution is 2.31. The molecule has 0 amide bonds. The zero-order valence-corrected chi connectivity index (χ0v) is 10.9. The molecule has 0 aromatic heterocycles. The van der Waals surface area contributed by atoms with Gasteiger partial charge in [0.05, 0.1) is 0 Å². The summed E-state index contributed by atoms with van der Waals surface area (Å²) in [6, 6.07) is 0. The third-order valence-corrected chi connectivity index (χ3v) is 4.27. The Morgan fingerprint density at radius 1 is 0.846 bits per heavy atom. The molecule has 0 aromatic rings. The van der Waals surface area contributed by atoms with Crippen LogP contribution < -0.4 is 0 Å². The van der Waals surface area contributed by atoms with E-state index in [1.807, 2.05) is 0 Å². The van der Waals surface area contributed by atoms with Crippen LogP contribution in [0.5, 0.6) is 0 Å². The second-order valence-electron chi connectivity index (χ2n) is 4.25. The van der Waals surface area contributed by atoms with Crippen LogP contribution in [-0.2, 0) is 0 Å². The van der Waals surface area contributed by atoms with E-state index in [-0.39, 0.29) is 0 Å². The summed E-state index contributed by atoms with van der Waals surface area (Å²) in [6.45, 7) is 9.43. The summed E-state index contributed by atoms with van der Waals surface area (Å²) in [4.78, 5) is 0. The average Bonchev–Trinajstić information content (AvgIpc) is 2.11. The summed E-state index contributed by atoms with van der Waals surface area (Å²) in [5.74, 6) is 0. The highest BCUT2D eigenvalue weighted by atomic mass is 31.1. The van der Waals surface area contributed by atoms with Gasteiger partial charge < -0.3 is 0 Å². The molecule has 0 radical (unpaired) electrons. The van der Waals surface area contributed by atoms with E-state index in [2.05, 4.69) is 27.7 Å². The second kappa shape index (κ2) is 9.00. The fourth-order valence-electron chi connectivity index (χ4n) is 1.67. The van der Waals surface area contributed by atoms with Crippen LogP contribution in [0.25, 0.3) is 0 Å². The molecule has 0 bridgehead atoms. The van der Waals surface area contributed by atoms with Crippen LogP contribution in [-0.4, -0.2) is 11.3 Å². The third kappa shape index (κ3) is 8.75. The number of hydrogen-bond acceptors (Lipinski definition) is 0. The molecule has 0 rings (SSSR count). The van der Waals surface area contributed by atoms with Crippen LogP contribution in [0, 0.1) is 0 Å². The normalized spacial score (nSPS) is 16.6. The molecule has 1 heteroatoms. The highest BCUT2D eigenvalue weighted by molar-refractivity contribution is 7.39. The Bertz CT molecular complexity index is 89.3. The van der Waals surface area contributed by atoms with E-state index < -0.39 is 0 Å². The van der Waals surface area contributed by atoms with Crippen LogP contribution in [0.15, 0.2) is 0 Å². The van der Waals surface area contributed by atoms with Crippen molar-refractivity contribution in [2.45, 2.75) is 77.5 Å². The van der Waals surface area contributed by atoms with Gasteiger partial charge in [0.25, 0.3) is 0 Å². The van der Waals surface area contributed by atoms with E-state index in [1.165, 1.54) is 47.1 Å². The zero-order chi connectivity index (χ0) is 10.1. The van der Waals surface area contributed by atoms with Crippen molar-refractivity contribution in [1.29, 1.82) is 0 Å². The monoisotopic (exact) mass is 202 g/mol. The van der Waals surface area contributed by atoms with Gasteiger partial charge in [-0.2, -0.15) is 0 Å². The van der Waals surface area contributed by atoms with E-state index >= 15 is 0 Å². The van der Waals surface area contributed by atoms with Gasteiger partial charge in [-0.25, -0.2) is 0 Å². The fourth-order valence-corrected chi connectivity index (χ4v) is 3.39. The van der Waals surface area contributed by atoms with E-state index in [1.54, 1.807) is 0 Å². The molecule has 0 aliphatic carbocycles. The predicted molar refractivity (Wildman–Crippen MR) is 66.3 cm³/mol. The lowest BCUT2D eigenvalue weighted by Gasteiger charge is -2.16. The third-order valence-electron chi connectivity index (χ3n) is 2.55. The molecule has 2 unspecified atom stereocenters. The van der Waals surface area contributed by atoms with Gasteiger partial charge in [-0.3, -0.25) is 0 Å². The Balaban J connectivity index is 3.35. The van der Waals surface area contributed by atoms with Gasteiger partial charge in [0.15, 0.2) is 0 Å².